The first-order valence-corrected chi connectivity index (χ1v) is 8.33. The molecule has 0 aromatic heterocycles. The maximum Gasteiger partial charge on any atom is 0.307 e. The van der Waals surface area contributed by atoms with E-state index < -0.39 is 21.6 Å². The predicted octanol–water partition coefficient (Wildman–Crippen LogP) is 0.791. The van der Waals surface area contributed by atoms with E-state index in [9.17, 15) is 13.2 Å². The van der Waals surface area contributed by atoms with Crippen molar-refractivity contribution in [1.82, 2.24) is 4.72 Å². The van der Waals surface area contributed by atoms with E-state index in [-0.39, 0.29) is 23.7 Å². The second kappa shape index (κ2) is 7.42. The molecule has 0 saturated carbocycles. The Bertz CT molecular complexity index is 675. The highest BCUT2D eigenvalue weighted by Crippen LogP contribution is 2.11. The Balaban J connectivity index is 2.64. The lowest BCUT2D eigenvalue weighted by atomic mass is 10.2. The molecule has 1 rings (SSSR count). The van der Waals surface area contributed by atoms with E-state index in [1.165, 1.54) is 24.3 Å². The molecule has 128 valence electrons. The molecule has 0 spiro atoms. The Morgan fingerprint density at radius 3 is 2.35 bits per heavy atom. The zero-order chi connectivity index (χ0) is 17.7. The number of amidine groups is 1. The van der Waals surface area contributed by atoms with Gasteiger partial charge >= 0.3 is 5.97 Å². The third kappa shape index (κ3) is 6.25. The number of carbonyl (C=O) groups is 1. The molecule has 0 radical (unpaired) electrons. The van der Waals surface area contributed by atoms with E-state index in [0.29, 0.717) is 5.56 Å². The zero-order valence-corrected chi connectivity index (χ0v) is 14.1. The van der Waals surface area contributed by atoms with Gasteiger partial charge in [-0.3, -0.25) is 4.79 Å². The lowest BCUT2D eigenvalue weighted by Crippen LogP contribution is -2.29. The predicted molar refractivity (Wildman–Crippen MR) is 84.6 cm³/mol. The van der Waals surface area contributed by atoms with Crippen LogP contribution in [-0.4, -0.2) is 37.6 Å². The van der Waals surface area contributed by atoms with Gasteiger partial charge in [0.25, 0.3) is 0 Å². The molecule has 0 aliphatic rings. The van der Waals surface area contributed by atoms with Crippen LogP contribution in [0.2, 0.25) is 0 Å². The van der Waals surface area contributed by atoms with Gasteiger partial charge in [0.2, 0.25) is 10.0 Å². The molecular weight excluding hydrogens is 322 g/mol. The van der Waals surface area contributed by atoms with Gasteiger partial charge in [0.05, 0.1) is 11.3 Å². The Hall–Kier alpha value is -2.13. The highest BCUT2D eigenvalue weighted by Gasteiger charge is 2.18. The Kier molecular flexibility index (Phi) is 6.11. The summed E-state index contributed by atoms with van der Waals surface area (Å²) in [6.45, 7) is 5.13. The van der Waals surface area contributed by atoms with E-state index in [4.69, 9.17) is 15.7 Å². The molecular formula is C14H21N3O5S. The number of sulfonamides is 1. The van der Waals surface area contributed by atoms with Gasteiger partial charge in [0, 0.05) is 12.1 Å². The highest BCUT2D eigenvalue weighted by molar-refractivity contribution is 7.89. The van der Waals surface area contributed by atoms with Crippen LogP contribution in [0.1, 0.15) is 32.8 Å². The monoisotopic (exact) mass is 343 g/mol. The van der Waals surface area contributed by atoms with Crippen molar-refractivity contribution in [3.8, 4) is 0 Å². The van der Waals surface area contributed by atoms with Crippen LogP contribution in [0.3, 0.4) is 0 Å². The Morgan fingerprint density at radius 1 is 1.30 bits per heavy atom. The van der Waals surface area contributed by atoms with Crippen molar-refractivity contribution in [3.05, 3.63) is 29.8 Å². The smallest absolute Gasteiger partial charge is 0.307 e. The summed E-state index contributed by atoms with van der Waals surface area (Å²) in [5.41, 5.74) is 5.18. The molecule has 0 fully saturated rings. The topological polar surface area (TPSA) is 131 Å². The van der Waals surface area contributed by atoms with Crippen molar-refractivity contribution in [2.24, 2.45) is 10.9 Å². The molecule has 1 aromatic rings. The van der Waals surface area contributed by atoms with Gasteiger partial charge in [-0.25, -0.2) is 13.1 Å². The molecule has 0 aliphatic heterocycles. The van der Waals surface area contributed by atoms with E-state index in [1.54, 1.807) is 20.8 Å². The first-order chi connectivity index (χ1) is 10.5. The van der Waals surface area contributed by atoms with Crippen molar-refractivity contribution in [2.75, 3.05) is 6.54 Å². The summed E-state index contributed by atoms with van der Waals surface area (Å²) in [4.78, 5) is 11.5. The highest BCUT2D eigenvalue weighted by atomic mass is 32.2. The van der Waals surface area contributed by atoms with E-state index in [2.05, 4.69) is 9.88 Å². The third-order valence-electron chi connectivity index (χ3n) is 2.61. The van der Waals surface area contributed by atoms with E-state index >= 15 is 0 Å². The summed E-state index contributed by atoms with van der Waals surface area (Å²) in [5.74, 6) is -0.602. The second-order valence-corrected chi connectivity index (χ2v) is 7.51. The molecule has 0 heterocycles. The van der Waals surface area contributed by atoms with Gasteiger partial charge < -0.3 is 15.7 Å². The van der Waals surface area contributed by atoms with Crippen LogP contribution in [0.15, 0.2) is 34.3 Å². The minimum Gasteiger partial charge on any atom is -0.460 e. The minimum atomic E-state index is -3.75. The second-order valence-electron chi connectivity index (χ2n) is 5.74. The van der Waals surface area contributed by atoms with Gasteiger partial charge in [-0.15, -0.1) is 0 Å². The standard InChI is InChI=1S/C14H21N3O5S/c1-14(2,3)22-12(18)8-9-16-23(20,21)11-6-4-10(5-7-11)13(15)17-19/h4-7,16,19H,8-9H2,1-3H3,(H2,15,17). The summed E-state index contributed by atoms with van der Waals surface area (Å²) in [6, 6.07) is 5.47. The number of nitrogens with one attached hydrogen (secondary N) is 1. The molecule has 0 saturated heterocycles. The van der Waals surface area contributed by atoms with Gasteiger partial charge in [0.1, 0.15) is 5.60 Å². The number of ether oxygens (including phenoxy) is 1. The number of benzene rings is 1. The van der Waals surface area contributed by atoms with Gasteiger partial charge in [-0.2, -0.15) is 0 Å². The SMILES string of the molecule is CC(C)(C)OC(=O)CCNS(=O)(=O)c1ccc(/C(N)=N\O)cc1. The number of hydrogen-bond donors (Lipinski definition) is 3. The average molecular weight is 343 g/mol. The number of oxime groups is 1. The van der Waals surface area contributed by atoms with Gasteiger partial charge in [-0.05, 0) is 45.0 Å². The normalized spacial score (nSPS) is 12.9. The van der Waals surface area contributed by atoms with Crippen molar-refractivity contribution in [1.29, 1.82) is 0 Å². The van der Waals surface area contributed by atoms with Crippen LogP contribution in [0.5, 0.6) is 0 Å². The number of carbonyl (C=O) groups excluding carboxylic acids is 1. The molecule has 23 heavy (non-hydrogen) atoms. The Morgan fingerprint density at radius 2 is 1.87 bits per heavy atom. The third-order valence-corrected chi connectivity index (χ3v) is 4.09. The largest absolute Gasteiger partial charge is 0.460 e. The molecule has 1 aromatic carbocycles. The summed E-state index contributed by atoms with van der Waals surface area (Å²) in [6.07, 6.45) is -0.0707. The molecule has 9 heteroatoms. The first kappa shape index (κ1) is 18.9. The van der Waals surface area contributed by atoms with Crippen molar-refractivity contribution < 1.29 is 23.2 Å². The molecule has 8 nitrogen and oxygen atoms in total. The molecule has 0 amide bonds. The number of hydrogen-bond acceptors (Lipinski definition) is 6. The molecule has 0 unspecified atom stereocenters. The van der Waals surface area contributed by atoms with Crippen LogP contribution in [-0.2, 0) is 19.6 Å². The van der Waals surface area contributed by atoms with Crippen LogP contribution in [0.4, 0.5) is 0 Å². The lowest BCUT2D eigenvalue weighted by molar-refractivity contribution is -0.154. The number of esters is 1. The summed E-state index contributed by atoms with van der Waals surface area (Å²) in [5, 5.41) is 11.4. The fourth-order valence-electron chi connectivity index (χ4n) is 1.63. The minimum absolute atomic E-state index is 0.0104. The quantitative estimate of drug-likeness (QED) is 0.230. The average Bonchev–Trinajstić information content (AvgIpc) is 2.44. The number of nitrogens with zero attached hydrogens (tertiary/aromatic N) is 1. The van der Waals surface area contributed by atoms with E-state index in [0.717, 1.165) is 0 Å². The maximum atomic E-state index is 12.1. The van der Waals surface area contributed by atoms with Gasteiger partial charge in [-0.1, -0.05) is 5.16 Å². The Labute approximate surface area is 135 Å². The first-order valence-electron chi connectivity index (χ1n) is 6.84. The zero-order valence-electron chi connectivity index (χ0n) is 13.2. The van der Waals surface area contributed by atoms with Crippen molar-refractivity contribution in [2.45, 2.75) is 37.7 Å². The van der Waals surface area contributed by atoms with Crippen molar-refractivity contribution >= 4 is 21.8 Å². The number of nitrogens with two attached hydrogens (primary N) is 1. The molecule has 0 aliphatic carbocycles. The molecule has 4 N–H and O–H groups in total. The lowest BCUT2D eigenvalue weighted by Gasteiger charge is -2.19. The van der Waals surface area contributed by atoms with Crippen LogP contribution >= 0.6 is 0 Å². The molecule has 0 bridgehead atoms. The summed E-state index contributed by atoms with van der Waals surface area (Å²) < 4.78 is 31.6. The van der Waals surface area contributed by atoms with Crippen LogP contribution in [0.25, 0.3) is 0 Å². The molecule has 0 atom stereocenters. The van der Waals surface area contributed by atoms with Crippen molar-refractivity contribution in [3.63, 3.8) is 0 Å². The number of rotatable bonds is 6. The van der Waals surface area contributed by atoms with Gasteiger partial charge in [0.15, 0.2) is 5.84 Å². The van der Waals surface area contributed by atoms with E-state index in [1.807, 2.05) is 0 Å². The fraction of sp³-hybridized carbons (Fsp3) is 0.429. The summed E-state index contributed by atoms with van der Waals surface area (Å²) >= 11 is 0. The van der Waals surface area contributed by atoms with Crippen LogP contribution in [0, 0.1) is 0 Å². The maximum absolute atomic E-state index is 12.1. The fourth-order valence-corrected chi connectivity index (χ4v) is 2.66. The summed E-state index contributed by atoms with van der Waals surface area (Å²) in [7, 11) is -3.75. The van der Waals surface area contributed by atoms with Crippen LogP contribution < -0.4 is 10.5 Å².